The van der Waals surface area contributed by atoms with Crippen LogP contribution >= 0.6 is 0 Å². The number of para-hydroxylation sites is 3. The van der Waals surface area contributed by atoms with Gasteiger partial charge in [-0.1, -0.05) is 164 Å². The maximum absolute atomic E-state index is 5.66. The molecule has 0 amide bonds. The van der Waals surface area contributed by atoms with Crippen LogP contribution in [0.15, 0.2) is 194 Å². The fraction of sp³-hybridized carbons (Fsp3) is 0.0200. The van der Waals surface area contributed by atoms with Crippen LogP contribution in [-0.2, 0) is 5.41 Å². The third-order valence-electron chi connectivity index (χ3n) is 11.1. The lowest BCUT2D eigenvalue weighted by molar-refractivity contribution is 0.693. The van der Waals surface area contributed by atoms with Gasteiger partial charge in [0.2, 0.25) is 0 Å². The van der Waals surface area contributed by atoms with Crippen LogP contribution in [0.3, 0.4) is 0 Å². The first-order chi connectivity index (χ1) is 26.8. The molecular formula is C50H32N4. The lowest BCUT2D eigenvalue weighted by Crippen LogP contribution is -2.31. The fourth-order valence-corrected chi connectivity index (χ4v) is 8.76. The lowest BCUT2D eigenvalue weighted by Gasteiger charge is -2.32. The van der Waals surface area contributed by atoms with Crippen molar-refractivity contribution in [3.63, 3.8) is 0 Å². The molecule has 252 valence electrons. The Hall–Kier alpha value is -7.17. The number of hydrogen-bond donors (Lipinski definition) is 0. The average molecular weight is 689 g/mol. The van der Waals surface area contributed by atoms with Crippen LogP contribution in [0.25, 0.3) is 72.2 Å². The highest BCUT2D eigenvalue weighted by molar-refractivity contribution is 6.13. The topological polar surface area (TPSA) is 43.6 Å². The molecule has 0 radical (unpaired) electrons. The van der Waals surface area contributed by atoms with Gasteiger partial charge < -0.3 is 4.57 Å². The van der Waals surface area contributed by atoms with E-state index in [1.807, 2.05) is 18.2 Å². The molecule has 0 unspecified atom stereocenters. The van der Waals surface area contributed by atoms with Gasteiger partial charge in [-0.25, -0.2) is 15.0 Å². The van der Waals surface area contributed by atoms with Crippen molar-refractivity contribution in [2.75, 3.05) is 0 Å². The Morgan fingerprint density at radius 1 is 0.407 bits per heavy atom. The molecule has 0 atom stereocenters. The van der Waals surface area contributed by atoms with E-state index < -0.39 is 5.41 Å². The molecule has 0 N–H and O–H groups in total. The van der Waals surface area contributed by atoms with Crippen molar-refractivity contribution in [1.82, 2.24) is 19.5 Å². The molecule has 1 aliphatic rings. The van der Waals surface area contributed by atoms with Crippen LogP contribution in [0.4, 0.5) is 0 Å². The summed E-state index contributed by atoms with van der Waals surface area (Å²) >= 11 is 0. The third-order valence-corrected chi connectivity index (χ3v) is 11.1. The van der Waals surface area contributed by atoms with Crippen molar-refractivity contribution in [2.24, 2.45) is 0 Å². The molecule has 2 heterocycles. The van der Waals surface area contributed by atoms with E-state index in [1.165, 1.54) is 27.3 Å². The molecule has 0 saturated heterocycles. The Labute approximate surface area is 312 Å². The van der Waals surface area contributed by atoms with Crippen molar-refractivity contribution in [3.05, 3.63) is 217 Å². The summed E-state index contributed by atoms with van der Waals surface area (Å²) in [4.78, 5) is 16.5. The van der Waals surface area contributed by atoms with Crippen molar-refractivity contribution in [2.45, 2.75) is 5.41 Å². The molecule has 0 bridgehead atoms. The molecule has 0 saturated carbocycles. The Balaban J connectivity index is 1.29. The zero-order valence-corrected chi connectivity index (χ0v) is 29.3. The number of rotatable bonds is 5. The first-order valence-corrected chi connectivity index (χ1v) is 18.4. The van der Waals surface area contributed by atoms with E-state index in [0.29, 0.717) is 17.5 Å². The van der Waals surface area contributed by atoms with E-state index >= 15 is 0 Å². The Morgan fingerprint density at radius 3 is 1.78 bits per heavy atom. The predicted octanol–water partition coefficient (Wildman–Crippen LogP) is 11.8. The SMILES string of the molecule is c1ccc(-c2nc(-c3cccc4c5ccccc5n(-c5ccccc5)c34)nc(C3(c4ccc5ccccc5c4)c4ccccc4-c4ccccc43)n2)cc1. The molecular weight excluding hydrogens is 657 g/mol. The summed E-state index contributed by atoms with van der Waals surface area (Å²) < 4.78 is 2.35. The van der Waals surface area contributed by atoms with Gasteiger partial charge in [-0.3, -0.25) is 0 Å². The van der Waals surface area contributed by atoms with Gasteiger partial charge in [-0.05, 0) is 68.9 Å². The molecule has 4 nitrogen and oxygen atoms in total. The van der Waals surface area contributed by atoms with Gasteiger partial charge in [0.1, 0.15) is 5.41 Å². The minimum atomic E-state index is -0.821. The van der Waals surface area contributed by atoms with Gasteiger partial charge in [-0.2, -0.15) is 0 Å². The largest absolute Gasteiger partial charge is 0.309 e. The molecule has 0 spiro atoms. The minimum absolute atomic E-state index is 0.631. The first-order valence-electron chi connectivity index (χ1n) is 18.4. The zero-order valence-electron chi connectivity index (χ0n) is 29.3. The highest BCUT2D eigenvalue weighted by Gasteiger charge is 2.49. The van der Waals surface area contributed by atoms with E-state index in [4.69, 9.17) is 15.0 Å². The predicted molar refractivity (Wildman–Crippen MR) is 220 cm³/mol. The van der Waals surface area contributed by atoms with Crippen LogP contribution in [0, 0.1) is 0 Å². The summed E-state index contributed by atoms with van der Waals surface area (Å²) in [5.74, 6) is 1.96. The van der Waals surface area contributed by atoms with Crippen LogP contribution < -0.4 is 0 Å². The highest BCUT2D eigenvalue weighted by Crippen LogP contribution is 2.55. The molecule has 8 aromatic carbocycles. The molecule has 10 aromatic rings. The molecule has 0 aliphatic heterocycles. The molecule has 2 aromatic heterocycles. The monoisotopic (exact) mass is 688 g/mol. The minimum Gasteiger partial charge on any atom is -0.309 e. The Morgan fingerprint density at radius 2 is 1.00 bits per heavy atom. The number of aromatic nitrogens is 4. The van der Waals surface area contributed by atoms with E-state index in [2.05, 4.69) is 180 Å². The lowest BCUT2D eigenvalue weighted by atomic mass is 9.71. The summed E-state index contributed by atoms with van der Waals surface area (Å²) in [5.41, 5.74) is 10.2. The summed E-state index contributed by atoms with van der Waals surface area (Å²) in [6.07, 6.45) is 0. The maximum Gasteiger partial charge on any atom is 0.165 e. The second-order valence-corrected chi connectivity index (χ2v) is 14.0. The summed E-state index contributed by atoms with van der Waals surface area (Å²) in [6.45, 7) is 0. The van der Waals surface area contributed by atoms with Gasteiger partial charge >= 0.3 is 0 Å². The second kappa shape index (κ2) is 11.9. The quantitative estimate of drug-likeness (QED) is 0.181. The summed E-state index contributed by atoms with van der Waals surface area (Å²) in [7, 11) is 0. The van der Waals surface area contributed by atoms with E-state index in [0.717, 1.165) is 49.9 Å². The first kappa shape index (κ1) is 30.5. The zero-order chi connectivity index (χ0) is 35.6. The smallest absolute Gasteiger partial charge is 0.165 e. The average Bonchev–Trinajstić information content (AvgIpc) is 3.75. The van der Waals surface area contributed by atoms with E-state index in [-0.39, 0.29) is 0 Å². The van der Waals surface area contributed by atoms with Gasteiger partial charge in [0.25, 0.3) is 0 Å². The number of nitrogens with zero attached hydrogens (tertiary/aromatic N) is 4. The van der Waals surface area contributed by atoms with Gasteiger partial charge in [0, 0.05) is 27.6 Å². The number of hydrogen-bond acceptors (Lipinski definition) is 3. The summed E-state index contributed by atoms with van der Waals surface area (Å²) in [5, 5.41) is 4.70. The van der Waals surface area contributed by atoms with Crippen LogP contribution in [-0.4, -0.2) is 19.5 Å². The molecule has 0 fully saturated rings. The molecule has 11 rings (SSSR count). The van der Waals surface area contributed by atoms with Crippen LogP contribution in [0.5, 0.6) is 0 Å². The van der Waals surface area contributed by atoms with Crippen LogP contribution in [0.2, 0.25) is 0 Å². The van der Waals surface area contributed by atoms with E-state index in [1.54, 1.807) is 0 Å². The second-order valence-electron chi connectivity index (χ2n) is 14.0. The fourth-order valence-electron chi connectivity index (χ4n) is 8.76. The Bertz CT molecular complexity index is 3010. The maximum atomic E-state index is 5.66. The molecule has 54 heavy (non-hydrogen) atoms. The highest BCUT2D eigenvalue weighted by atomic mass is 15.1. The van der Waals surface area contributed by atoms with Gasteiger partial charge in [0.05, 0.1) is 11.0 Å². The third kappa shape index (κ3) is 4.40. The molecule has 1 aliphatic carbocycles. The number of benzene rings is 8. The van der Waals surface area contributed by atoms with Crippen LogP contribution in [0.1, 0.15) is 22.5 Å². The van der Waals surface area contributed by atoms with Crippen molar-refractivity contribution in [3.8, 4) is 39.6 Å². The molecule has 4 heteroatoms. The normalized spacial score (nSPS) is 13.0. The van der Waals surface area contributed by atoms with Gasteiger partial charge in [0.15, 0.2) is 17.5 Å². The van der Waals surface area contributed by atoms with Crippen molar-refractivity contribution in [1.29, 1.82) is 0 Å². The number of fused-ring (bicyclic) bond motifs is 7. The van der Waals surface area contributed by atoms with Crippen molar-refractivity contribution >= 4 is 32.6 Å². The van der Waals surface area contributed by atoms with E-state index in [9.17, 15) is 0 Å². The van der Waals surface area contributed by atoms with Crippen molar-refractivity contribution < 1.29 is 0 Å². The standard InChI is InChI=1S/C50H32N4/c1-3-17-34(18-4-1)47-51-48(42-26-15-25-41-40-24-11-14-29-45(40)54(46(41)42)37-20-5-2-6-21-37)53-49(52-47)50(36-31-30-33-16-7-8-19-35(33)32-36)43-27-12-9-22-38(43)39-23-10-13-28-44(39)50/h1-32H. The summed E-state index contributed by atoms with van der Waals surface area (Å²) in [6, 6.07) is 68.9. The Kier molecular flexibility index (Phi) is 6.73. The van der Waals surface area contributed by atoms with Gasteiger partial charge in [-0.15, -0.1) is 0 Å².